The molecule has 0 aliphatic carbocycles. The van der Waals surface area contributed by atoms with Gasteiger partial charge in [-0.05, 0) is 129 Å². The Morgan fingerprint density at radius 3 is 0.650 bits per heavy atom. The van der Waals surface area contributed by atoms with E-state index in [1.807, 2.05) is 72.8 Å². The van der Waals surface area contributed by atoms with E-state index in [0.717, 1.165) is 133 Å². The molecule has 0 N–H and O–H groups in total. The fraction of sp³-hybridized carbons (Fsp3) is 0. The second kappa shape index (κ2) is 31.6. The van der Waals surface area contributed by atoms with Crippen LogP contribution in [0.25, 0.3) is 222 Å². The lowest BCUT2D eigenvalue weighted by Crippen LogP contribution is -2.00. The summed E-state index contributed by atoms with van der Waals surface area (Å²) in [6, 6.07) is 153. The fourth-order valence-corrected chi connectivity index (χ4v) is 16.3. The van der Waals surface area contributed by atoms with Crippen molar-refractivity contribution in [2.45, 2.75) is 0 Å². The molecule has 22 rings (SSSR count). The minimum absolute atomic E-state index is 0.636. The van der Waals surface area contributed by atoms with E-state index in [0.29, 0.717) is 34.9 Å². The van der Waals surface area contributed by atoms with E-state index in [4.69, 9.17) is 39.9 Å². The lowest BCUT2D eigenvalue weighted by molar-refractivity contribution is 1.07. The third-order valence-corrected chi connectivity index (χ3v) is 22.7. The van der Waals surface area contributed by atoms with Crippen LogP contribution in [0.5, 0.6) is 0 Å². The normalized spacial score (nSPS) is 11.3. The number of nitrogens with zero attached hydrogens (tertiary/aromatic N) is 8. The van der Waals surface area contributed by atoms with Crippen molar-refractivity contribution >= 4 is 64.9 Å². The quantitative estimate of drug-likeness (QED) is 0.0784. The molecule has 0 amide bonds. The summed E-state index contributed by atoms with van der Waals surface area (Å²) >= 11 is 0. The molecular weight excluding hydrogens is 1460 g/mol. The van der Waals surface area contributed by atoms with Crippen LogP contribution in [0.1, 0.15) is 0 Å². The SMILES string of the molecule is c1ccc(-c2ccc(-c3nc(-c4ccccc4)nc(-c4ccc(-c5ccc(-c6ccc(-c7nc8cc9ccccc9cc8c8ccccc78)cc6)cc5)cc4)n3)cc2)cc1.c1ccc(-c2ccc(-c3nc(-c4ccccc4)nc(-c4ccc(-c5ccc(-c6ccc(-c7nc8ccccc8c8cc9ccccc9cc78)cc6)cc5)cc4)n3)cc2)cc1. The predicted octanol–water partition coefficient (Wildman–Crippen LogP) is 28.8. The molecule has 0 spiro atoms. The average molecular weight is 1530 g/mol. The summed E-state index contributed by atoms with van der Waals surface area (Å²) in [5, 5.41) is 12.0. The maximum atomic E-state index is 5.23. The molecule has 120 heavy (non-hydrogen) atoms. The van der Waals surface area contributed by atoms with Crippen LogP contribution >= 0.6 is 0 Å². The van der Waals surface area contributed by atoms with E-state index in [1.54, 1.807) is 0 Å². The van der Waals surface area contributed by atoms with Crippen molar-refractivity contribution in [3.05, 3.63) is 437 Å². The molecule has 0 saturated carbocycles. The van der Waals surface area contributed by atoms with Gasteiger partial charge >= 0.3 is 0 Å². The number of hydrogen-bond acceptors (Lipinski definition) is 8. The summed E-state index contributed by atoms with van der Waals surface area (Å²) in [4.78, 5) is 40.2. The van der Waals surface area contributed by atoms with E-state index < -0.39 is 0 Å². The van der Waals surface area contributed by atoms with E-state index in [1.165, 1.54) is 54.2 Å². The average Bonchev–Trinajstić information content (AvgIpc) is 0.751. The van der Waals surface area contributed by atoms with Crippen LogP contribution in [-0.4, -0.2) is 39.9 Å². The van der Waals surface area contributed by atoms with Crippen molar-refractivity contribution in [3.63, 3.8) is 0 Å². The highest BCUT2D eigenvalue weighted by Crippen LogP contribution is 2.41. The summed E-state index contributed by atoms with van der Waals surface area (Å²) in [6.45, 7) is 0. The van der Waals surface area contributed by atoms with Gasteiger partial charge in [0, 0.05) is 66.1 Å². The highest BCUT2D eigenvalue weighted by molar-refractivity contribution is 6.16. The number of fused-ring (bicyclic) bond motifs is 8. The molecule has 0 aliphatic heterocycles. The molecule has 0 unspecified atom stereocenters. The molecule has 0 aliphatic rings. The molecule has 18 aromatic carbocycles. The van der Waals surface area contributed by atoms with Gasteiger partial charge in [0.2, 0.25) is 0 Å². The van der Waals surface area contributed by atoms with Gasteiger partial charge in [-0.3, -0.25) is 0 Å². The zero-order chi connectivity index (χ0) is 79.7. The summed E-state index contributed by atoms with van der Waals surface area (Å²) in [5.41, 5.74) is 25.7. The van der Waals surface area contributed by atoms with Crippen LogP contribution < -0.4 is 0 Å². The van der Waals surface area contributed by atoms with Gasteiger partial charge in [0.25, 0.3) is 0 Å². The Morgan fingerprint density at radius 1 is 0.108 bits per heavy atom. The Morgan fingerprint density at radius 2 is 0.317 bits per heavy atom. The van der Waals surface area contributed by atoms with Crippen molar-refractivity contribution in [2.24, 2.45) is 0 Å². The second-order valence-electron chi connectivity index (χ2n) is 30.1. The van der Waals surface area contributed by atoms with Gasteiger partial charge in [0.1, 0.15) is 0 Å². The smallest absolute Gasteiger partial charge is 0.164 e. The zero-order valence-electron chi connectivity index (χ0n) is 65.1. The number of para-hydroxylation sites is 1. The molecule has 0 radical (unpaired) electrons. The molecule has 4 heterocycles. The van der Waals surface area contributed by atoms with Crippen molar-refractivity contribution < 1.29 is 0 Å². The van der Waals surface area contributed by atoms with Crippen LogP contribution in [0, 0.1) is 0 Å². The van der Waals surface area contributed by atoms with Crippen LogP contribution in [0.15, 0.2) is 437 Å². The van der Waals surface area contributed by atoms with Crippen molar-refractivity contribution in [2.75, 3.05) is 0 Å². The topological polar surface area (TPSA) is 103 Å². The van der Waals surface area contributed by atoms with E-state index >= 15 is 0 Å². The number of hydrogen-bond donors (Lipinski definition) is 0. The summed E-state index contributed by atoms with van der Waals surface area (Å²) in [6.07, 6.45) is 0. The van der Waals surface area contributed by atoms with E-state index in [2.05, 4.69) is 364 Å². The maximum absolute atomic E-state index is 5.23. The molecule has 0 saturated heterocycles. The van der Waals surface area contributed by atoms with Gasteiger partial charge in [0.15, 0.2) is 34.9 Å². The van der Waals surface area contributed by atoms with Gasteiger partial charge in [-0.1, -0.05) is 406 Å². The molecule has 8 nitrogen and oxygen atoms in total. The first-order valence-corrected chi connectivity index (χ1v) is 40.4. The third-order valence-electron chi connectivity index (χ3n) is 22.7. The summed E-state index contributed by atoms with van der Waals surface area (Å²) in [7, 11) is 0. The van der Waals surface area contributed by atoms with Gasteiger partial charge < -0.3 is 0 Å². The number of rotatable bonds is 14. The Hall–Kier alpha value is -16.2. The lowest BCUT2D eigenvalue weighted by Gasteiger charge is -2.12. The first kappa shape index (κ1) is 71.6. The van der Waals surface area contributed by atoms with Crippen LogP contribution in [0.4, 0.5) is 0 Å². The Labute approximate surface area is 694 Å². The standard InChI is InChI=1S/2C56H36N4/c1-3-11-37(12-4-1)38-25-31-45(32-26-38)55-58-54(44-13-5-2-6-14-44)59-56(60-55)46-33-27-42(28-34-46)40-21-19-39(20-22-40)41-23-29-43(30-24-41)53-51-36-48-16-8-7-15-47(48)35-50(51)49-17-9-10-18-52(49)57-53;1-3-11-37(12-4-1)38-25-31-45(32-26-38)55-58-54(44-13-5-2-6-14-44)59-56(60-55)46-33-27-42(28-34-46)40-21-19-39(20-22-40)41-23-29-43(30-24-41)53-50-18-10-9-17-49(50)51-35-47-15-7-8-16-48(47)36-52(51)57-53/h2*1-36H. The van der Waals surface area contributed by atoms with E-state index in [9.17, 15) is 0 Å². The highest BCUT2D eigenvalue weighted by Gasteiger charge is 2.19. The summed E-state index contributed by atoms with van der Waals surface area (Å²) in [5.74, 6) is 3.84. The lowest BCUT2D eigenvalue weighted by atomic mass is 9.95. The van der Waals surface area contributed by atoms with Crippen molar-refractivity contribution in [1.29, 1.82) is 0 Å². The third kappa shape index (κ3) is 14.4. The number of aromatic nitrogens is 8. The molecular formula is C112H72N8. The monoisotopic (exact) mass is 1530 g/mol. The molecule has 0 bridgehead atoms. The minimum atomic E-state index is 0.636. The number of pyridine rings is 2. The molecule has 560 valence electrons. The van der Waals surface area contributed by atoms with E-state index in [-0.39, 0.29) is 0 Å². The van der Waals surface area contributed by atoms with Gasteiger partial charge in [-0.15, -0.1) is 0 Å². The van der Waals surface area contributed by atoms with Gasteiger partial charge in [-0.2, -0.15) is 0 Å². The molecule has 0 fully saturated rings. The largest absolute Gasteiger partial charge is 0.247 e. The van der Waals surface area contributed by atoms with Crippen molar-refractivity contribution in [3.8, 4) is 158 Å². The Bertz CT molecular complexity index is 7530. The molecule has 0 atom stereocenters. The molecule has 8 heteroatoms. The minimum Gasteiger partial charge on any atom is -0.247 e. The van der Waals surface area contributed by atoms with Gasteiger partial charge in [0.05, 0.1) is 22.4 Å². The Kier molecular flexibility index (Phi) is 18.8. The molecule has 22 aromatic rings. The van der Waals surface area contributed by atoms with Gasteiger partial charge in [-0.25, -0.2) is 39.9 Å². The predicted molar refractivity (Wildman–Crippen MR) is 496 cm³/mol. The zero-order valence-corrected chi connectivity index (χ0v) is 65.1. The molecule has 4 aromatic heterocycles. The first-order valence-electron chi connectivity index (χ1n) is 40.4. The first-order chi connectivity index (χ1) is 59.4. The number of benzene rings is 18. The summed E-state index contributed by atoms with van der Waals surface area (Å²) < 4.78 is 0. The van der Waals surface area contributed by atoms with Crippen LogP contribution in [-0.2, 0) is 0 Å². The second-order valence-corrected chi connectivity index (χ2v) is 30.1. The van der Waals surface area contributed by atoms with Crippen LogP contribution in [0.2, 0.25) is 0 Å². The fourth-order valence-electron chi connectivity index (χ4n) is 16.3. The van der Waals surface area contributed by atoms with Crippen LogP contribution in [0.3, 0.4) is 0 Å². The maximum Gasteiger partial charge on any atom is 0.164 e. The Balaban J connectivity index is 0.000000148. The highest BCUT2D eigenvalue weighted by atomic mass is 15.0. The van der Waals surface area contributed by atoms with Crippen molar-refractivity contribution in [1.82, 2.24) is 39.9 Å².